The Bertz CT molecular complexity index is 862. The number of nitrogens with one attached hydrogen (secondary N) is 1. The maximum Gasteiger partial charge on any atom is 0.275 e. The van der Waals surface area contributed by atoms with Gasteiger partial charge in [-0.1, -0.05) is 41.4 Å². The van der Waals surface area contributed by atoms with Crippen LogP contribution in [-0.2, 0) is 11.2 Å². The van der Waals surface area contributed by atoms with Gasteiger partial charge in [0.15, 0.2) is 0 Å². The molecule has 122 valence electrons. The Morgan fingerprint density at radius 1 is 1.12 bits per heavy atom. The fourth-order valence-corrected chi connectivity index (χ4v) is 2.82. The molecule has 1 N–H and O–H groups in total. The maximum absolute atomic E-state index is 13.2. The zero-order chi connectivity index (χ0) is 17.1. The number of carbonyl (C=O) groups excluding carboxylic acids is 1. The summed E-state index contributed by atoms with van der Waals surface area (Å²) in [5.74, 6) is -0.00119. The van der Waals surface area contributed by atoms with E-state index in [9.17, 15) is 9.18 Å². The average Bonchev–Trinajstić information content (AvgIpc) is 2.88. The van der Waals surface area contributed by atoms with E-state index in [0.29, 0.717) is 34.3 Å². The van der Waals surface area contributed by atoms with Gasteiger partial charge in [-0.25, -0.2) is 9.38 Å². The number of amides is 1. The predicted molar refractivity (Wildman–Crippen MR) is 94.7 cm³/mol. The molecule has 24 heavy (non-hydrogen) atoms. The number of hydrogen-bond acceptors (Lipinski definition) is 2. The Balaban J connectivity index is 1.74. The molecule has 1 amide bonds. The Kier molecular flexibility index (Phi) is 4.97. The first-order chi connectivity index (χ1) is 11.5. The van der Waals surface area contributed by atoms with Crippen LogP contribution in [0.5, 0.6) is 0 Å². The summed E-state index contributed by atoms with van der Waals surface area (Å²) in [6.45, 7) is 0. The zero-order valence-corrected chi connectivity index (χ0v) is 14.0. The van der Waals surface area contributed by atoms with E-state index in [1.54, 1.807) is 30.3 Å². The topological polar surface area (TPSA) is 41.5 Å². The monoisotopic (exact) mass is 362 g/mol. The molecule has 2 aromatic carbocycles. The number of aliphatic imine (C=N–C) groups is 1. The summed E-state index contributed by atoms with van der Waals surface area (Å²) in [4.78, 5) is 16.3. The summed E-state index contributed by atoms with van der Waals surface area (Å²) in [6, 6.07) is 11.4. The van der Waals surface area contributed by atoms with Gasteiger partial charge in [0, 0.05) is 16.5 Å². The second kappa shape index (κ2) is 7.16. The van der Waals surface area contributed by atoms with Gasteiger partial charge in [-0.2, -0.15) is 0 Å². The molecule has 0 saturated carbocycles. The standard InChI is InChI=1S/C18H13Cl2FN2O/c19-13-6-5-12(15(20)10-13)9-16-18(24)23-17(22-16)7-4-11-2-1-3-14(21)8-11/h1-3,5-6,8-10H,4,7H2,(H,22,23,24)/b16-9-. The lowest BCUT2D eigenvalue weighted by Gasteiger charge is -2.01. The molecule has 1 aliphatic heterocycles. The first-order valence-electron chi connectivity index (χ1n) is 7.31. The van der Waals surface area contributed by atoms with Gasteiger partial charge in [0.1, 0.15) is 17.3 Å². The average molecular weight is 363 g/mol. The van der Waals surface area contributed by atoms with Gasteiger partial charge >= 0.3 is 0 Å². The quantitative estimate of drug-likeness (QED) is 0.791. The van der Waals surface area contributed by atoms with Crippen LogP contribution in [0.4, 0.5) is 4.39 Å². The number of carbonyl (C=O) groups is 1. The Hall–Kier alpha value is -2.17. The van der Waals surface area contributed by atoms with E-state index < -0.39 is 0 Å². The van der Waals surface area contributed by atoms with Gasteiger partial charge in [0.05, 0.1) is 0 Å². The van der Waals surface area contributed by atoms with Crippen molar-refractivity contribution in [3.8, 4) is 0 Å². The lowest BCUT2D eigenvalue weighted by Crippen LogP contribution is -2.24. The second-order valence-corrected chi connectivity index (χ2v) is 6.18. The van der Waals surface area contributed by atoms with Gasteiger partial charge < -0.3 is 5.32 Å². The molecule has 0 fully saturated rings. The molecule has 0 unspecified atom stereocenters. The lowest BCUT2D eigenvalue weighted by molar-refractivity contribution is -0.115. The van der Waals surface area contributed by atoms with E-state index in [0.717, 1.165) is 5.56 Å². The van der Waals surface area contributed by atoms with Gasteiger partial charge in [0.25, 0.3) is 5.91 Å². The van der Waals surface area contributed by atoms with Gasteiger partial charge in [0.2, 0.25) is 0 Å². The highest BCUT2D eigenvalue weighted by Crippen LogP contribution is 2.24. The molecule has 1 aliphatic rings. The molecule has 0 bridgehead atoms. The second-order valence-electron chi connectivity index (χ2n) is 5.34. The highest BCUT2D eigenvalue weighted by molar-refractivity contribution is 6.35. The highest BCUT2D eigenvalue weighted by atomic mass is 35.5. The van der Waals surface area contributed by atoms with Gasteiger partial charge in [-0.15, -0.1) is 0 Å². The molecule has 0 spiro atoms. The number of benzene rings is 2. The Labute approximate surface area is 148 Å². The summed E-state index contributed by atoms with van der Waals surface area (Å²) in [5, 5.41) is 3.70. The largest absolute Gasteiger partial charge is 0.309 e. The smallest absolute Gasteiger partial charge is 0.275 e. The zero-order valence-electron chi connectivity index (χ0n) is 12.5. The van der Waals surface area contributed by atoms with Crippen LogP contribution in [0.1, 0.15) is 17.5 Å². The Morgan fingerprint density at radius 2 is 1.96 bits per heavy atom. The van der Waals surface area contributed by atoms with Crippen LogP contribution in [0, 0.1) is 5.82 Å². The lowest BCUT2D eigenvalue weighted by atomic mass is 10.1. The predicted octanol–water partition coefficient (Wildman–Crippen LogP) is 4.63. The Morgan fingerprint density at radius 3 is 2.71 bits per heavy atom. The molecule has 0 aliphatic carbocycles. The molecule has 1 heterocycles. The molecule has 0 atom stereocenters. The number of rotatable bonds is 4. The first-order valence-corrected chi connectivity index (χ1v) is 8.07. The third-order valence-electron chi connectivity index (χ3n) is 3.54. The summed E-state index contributed by atoms with van der Waals surface area (Å²) in [6.07, 6.45) is 2.72. The van der Waals surface area contributed by atoms with Crippen LogP contribution >= 0.6 is 23.2 Å². The fourth-order valence-electron chi connectivity index (χ4n) is 2.36. The summed E-state index contributed by atoms with van der Waals surface area (Å²) in [7, 11) is 0. The van der Waals surface area contributed by atoms with Gasteiger partial charge in [-0.05, 0) is 47.9 Å². The number of amidine groups is 1. The summed E-state index contributed by atoms with van der Waals surface area (Å²) < 4.78 is 13.2. The highest BCUT2D eigenvalue weighted by Gasteiger charge is 2.20. The van der Waals surface area contributed by atoms with Crippen LogP contribution in [0.25, 0.3) is 6.08 Å². The van der Waals surface area contributed by atoms with Crippen LogP contribution in [0.2, 0.25) is 10.0 Å². The van der Waals surface area contributed by atoms with Crippen LogP contribution in [0.15, 0.2) is 53.2 Å². The molecule has 6 heteroatoms. The van der Waals surface area contributed by atoms with E-state index in [-0.39, 0.29) is 17.4 Å². The molecule has 3 rings (SSSR count). The van der Waals surface area contributed by atoms with E-state index in [1.165, 1.54) is 12.1 Å². The van der Waals surface area contributed by atoms with Crippen molar-refractivity contribution in [2.45, 2.75) is 12.8 Å². The molecule has 0 aromatic heterocycles. The molecular weight excluding hydrogens is 350 g/mol. The third kappa shape index (κ3) is 4.02. The van der Waals surface area contributed by atoms with Crippen molar-refractivity contribution in [2.24, 2.45) is 4.99 Å². The summed E-state index contributed by atoms with van der Waals surface area (Å²) in [5.41, 5.74) is 1.81. The minimum absolute atomic E-state index is 0.275. The van der Waals surface area contributed by atoms with Crippen LogP contribution in [-0.4, -0.2) is 11.7 Å². The molecule has 0 saturated heterocycles. The number of nitrogens with zero attached hydrogens (tertiary/aromatic N) is 1. The van der Waals surface area contributed by atoms with E-state index in [2.05, 4.69) is 10.3 Å². The normalized spacial score (nSPS) is 15.5. The van der Waals surface area contributed by atoms with Crippen LogP contribution in [0.3, 0.4) is 0 Å². The molecule has 3 nitrogen and oxygen atoms in total. The third-order valence-corrected chi connectivity index (χ3v) is 4.10. The van der Waals surface area contributed by atoms with Crippen molar-refractivity contribution in [3.05, 3.63) is 75.2 Å². The van der Waals surface area contributed by atoms with Crippen molar-refractivity contribution in [3.63, 3.8) is 0 Å². The van der Waals surface area contributed by atoms with Gasteiger partial charge in [-0.3, -0.25) is 4.79 Å². The SMILES string of the molecule is O=C1NC(CCc2cccc(F)c2)=N/C1=C\c1ccc(Cl)cc1Cl. The van der Waals surface area contributed by atoms with Crippen molar-refractivity contribution in [1.82, 2.24) is 5.32 Å². The van der Waals surface area contributed by atoms with Crippen molar-refractivity contribution < 1.29 is 9.18 Å². The van der Waals surface area contributed by atoms with E-state index in [4.69, 9.17) is 23.2 Å². The number of aryl methyl sites for hydroxylation is 1. The van der Waals surface area contributed by atoms with E-state index >= 15 is 0 Å². The maximum atomic E-state index is 13.2. The van der Waals surface area contributed by atoms with Crippen molar-refractivity contribution >= 4 is 41.0 Å². The molecular formula is C18H13Cl2FN2O. The first kappa shape index (κ1) is 16.7. The summed E-state index contributed by atoms with van der Waals surface area (Å²) >= 11 is 12.0. The fraction of sp³-hybridized carbons (Fsp3) is 0.111. The molecule has 0 radical (unpaired) electrons. The van der Waals surface area contributed by atoms with Crippen LogP contribution < -0.4 is 5.32 Å². The number of halogens is 3. The minimum atomic E-state index is -0.282. The van der Waals surface area contributed by atoms with Crippen molar-refractivity contribution in [1.29, 1.82) is 0 Å². The minimum Gasteiger partial charge on any atom is -0.309 e. The number of hydrogen-bond donors (Lipinski definition) is 1. The molecule has 2 aromatic rings. The van der Waals surface area contributed by atoms with E-state index in [1.807, 2.05) is 6.07 Å². The van der Waals surface area contributed by atoms with Crippen molar-refractivity contribution in [2.75, 3.05) is 0 Å².